The number of allylic oxidation sites excluding steroid dienone is 2. The highest BCUT2D eigenvalue weighted by atomic mass is 14.5. The molecule has 1 unspecified atom stereocenters. The van der Waals surface area contributed by atoms with Crippen LogP contribution in [0.2, 0.25) is 0 Å². The van der Waals surface area contributed by atoms with E-state index in [4.69, 9.17) is 5.73 Å². The Kier molecular flexibility index (Phi) is 7.71. The Labute approximate surface area is 82.7 Å². The van der Waals surface area contributed by atoms with E-state index in [2.05, 4.69) is 26.5 Å². The van der Waals surface area contributed by atoms with E-state index in [1.165, 1.54) is 24.8 Å². The average Bonchev–Trinajstić information content (AvgIpc) is 2.16. The minimum atomic E-state index is 0.560. The summed E-state index contributed by atoms with van der Waals surface area (Å²) in [6.45, 7) is 8.92. The van der Waals surface area contributed by atoms with Crippen LogP contribution in [0.5, 0.6) is 0 Å². The summed E-state index contributed by atoms with van der Waals surface area (Å²) < 4.78 is 0. The fourth-order valence-electron chi connectivity index (χ4n) is 1.54. The van der Waals surface area contributed by atoms with Crippen molar-refractivity contribution in [2.24, 2.45) is 11.7 Å². The lowest BCUT2D eigenvalue weighted by Crippen LogP contribution is -2.15. The highest BCUT2D eigenvalue weighted by Crippen LogP contribution is 2.19. The van der Waals surface area contributed by atoms with E-state index >= 15 is 0 Å². The summed E-state index contributed by atoms with van der Waals surface area (Å²) in [6.07, 6.45) is 8.84. The van der Waals surface area contributed by atoms with Gasteiger partial charge >= 0.3 is 0 Å². The molecule has 1 nitrogen and oxygen atoms in total. The van der Waals surface area contributed by atoms with Gasteiger partial charge in [0.15, 0.2) is 0 Å². The van der Waals surface area contributed by atoms with Crippen LogP contribution in [0.4, 0.5) is 0 Å². The van der Waals surface area contributed by atoms with Crippen molar-refractivity contribution in [1.82, 2.24) is 0 Å². The first-order valence-corrected chi connectivity index (χ1v) is 5.31. The molecule has 0 aromatic rings. The predicted octanol–water partition coefficient (Wildman–Crippen LogP) is 3.27. The average molecular weight is 181 g/mol. The molecule has 0 heterocycles. The molecule has 13 heavy (non-hydrogen) atoms. The van der Waals surface area contributed by atoms with Crippen LogP contribution < -0.4 is 5.73 Å². The zero-order chi connectivity index (χ0) is 10.1. The molecule has 0 aromatic heterocycles. The third-order valence-electron chi connectivity index (χ3n) is 2.45. The van der Waals surface area contributed by atoms with Gasteiger partial charge in [-0.25, -0.2) is 0 Å². The molecule has 0 spiro atoms. The molecule has 1 atom stereocenters. The van der Waals surface area contributed by atoms with Gasteiger partial charge in [-0.05, 0) is 31.7 Å². The molecule has 0 amide bonds. The highest BCUT2D eigenvalue weighted by Gasteiger charge is 2.08. The molecule has 0 bridgehead atoms. The molecule has 0 aliphatic rings. The van der Waals surface area contributed by atoms with E-state index in [1.807, 2.05) is 6.08 Å². The van der Waals surface area contributed by atoms with E-state index in [1.54, 1.807) is 0 Å². The molecule has 1 heteroatoms. The van der Waals surface area contributed by atoms with Gasteiger partial charge in [0.2, 0.25) is 0 Å². The summed E-state index contributed by atoms with van der Waals surface area (Å²) in [6, 6.07) is 0. The van der Waals surface area contributed by atoms with Gasteiger partial charge in [0.25, 0.3) is 0 Å². The third-order valence-corrected chi connectivity index (χ3v) is 2.45. The van der Waals surface area contributed by atoms with Gasteiger partial charge in [-0.1, -0.05) is 44.6 Å². The van der Waals surface area contributed by atoms with Crippen LogP contribution in [0, 0.1) is 5.92 Å². The maximum atomic E-state index is 5.71. The van der Waals surface area contributed by atoms with Crippen LogP contribution in [-0.4, -0.2) is 6.54 Å². The normalized spacial score (nSPS) is 14.2. The van der Waals surface area contributed by atoms with E-state index in [0.717, 1.165) is 13.0 Å². The molecule has 0 saturated carbocycles. The molecular weight excluding hydrogens is 158 g/mol. The smallest absolute Gasteiger partial charge is 0.00115 e. The van der Waals surface area contributed by atoms with Crippen LogP contribution >= 0.6 is 0 Å². The molecule has 2 N–H and O–H groups in total. The minimum Gasteiger partial charge on any atom is -0.330 e. The summed E-state index contributed by atoms with van der Waals surface area (Å²) in [5.41, 5.74) is 7.18. The standard InChI is InChI=1S/C12H23N/c1-4-7-9-12(8-5-2)11(6-3)10-13/h5,8,11H,2,4,6-7,9-10,13H2,1,3H3/b12-8+. The Hall–Kier alpha value is -0.560. The SMILES string of the molecule is C=C/C=C(\CCCC)C(CC)CN. The van der Waals surface area contributed by atoms with Crippen molar-refractivity contribution in [3.63, 3.8) is 0 Å². The maximum absolute atomic E-state index is 5.71. The van der Waals surface area contributed by atoms with E-state index in [9.17, 15) is 0 Å². The van der Waals surface area contributed by atoms with Gasteiger partial charge in [-0.2, -0.15) is 0 Å². The zero-order valence-corrected chi connectivity index (χ0v) is 9.05. The molecule has 0 radical (unpaired) electrons. The maximum Gasteiger partial charge on any atom is -0.00115 e. The fraction of sp³-hybridized carbons (Fsp3) is 0.667. The van der Waals surface area contributed by atoms with Gasteiger partial charge in [-0.3, -0.25) is 0 Å². The lowest BCUT2D eigenvalue weighted by Gasteiger charge is -2.16. The summed E-state index contributed by atoms with van der Waals surface area (Å²) in [5, 5.41) is 0. The van der Waals surface area contributed by atoms with Crippen LogP contribution in [-0.2, 0) is 0 Å². The molecule has 0 saturated heterocycles. The second kappa shape index (κ2) is 8.06. The van der Waals surface area contributed by atoms with Crippen molar-refractivity contribution >= 4 is 0 Å². The Morgan fingerprint density at radius 3 is 2.54 bits per heavy atom. The van der Waals surface area contributed by atoms with E-state index in [-0.39, 0.29) is 0 Å². The second-order valence-corrected chi connectivity index (χ2v) is 3.42. The van der Waals surface area contributed by atoms with E-state index < -0.39 is 0 Å². The first-order valence-electron chi connectivity index (χ1n) is 5.31. The van der Waals surface area contributed by atoms with E-state index in [0.29, 0.717) is 5.92 Å². The highest BCUT2D eigenvalue weighted by molar-refractivity contribution is 5.13. The molecule has 76 valence electrons. The van der Waals surface area contributed by atoms with Gasteiger partial charge in [0, 0.05) is 0 Å². The Balaban J connectivity index is 4.21. The number of unbranched alkanes of at least 4 members (excludes halogenated alkanes) is 1. The van der Waals surface area contributed by atoms with Crippen LogP contribution in [0.25, 0.3) is 0 Å². The first-order chi connectivity index (χ1) is 6.29. The lowest BCUT2D eigenvalue weighted by atomic mass is 9.92. The van der Waals surface area contributed by atoms with Gasteiger partial charge in [-0.15, -0.1) is 0 Å². The first kappa shape index (κ1) is 12.4. The molecule has 0 rings (SSSR count). The second-order valence-electron chi connectivity index (χ2n) is 3.42. The fourth-order valence-corrected chi connectivity index (χ4v) is 1.54. The summed E-state index contributed by atoms with van der Waals surface area (Å²) in [5.74, 6) is 0.560. The van der Waals surface area contributed by atoms with Crippen LogP contribution in [0.1, 0.15) is 39.5 Å². The third kappa shape index (κ3) is 4.89. The minimum absolute atomic E-state index is 0.560. The van der Waals surface area contributed by atoms with Crippen molar-refractivity contribution in [2.75, 3.05) is 6.54 Å². The van der Waals surface area contributed by atoms with Crippen LogP contribution in [0.3, 0.4) is 0 Å². The Morgan fingerprint density at radius 2 is 2.15 bits per heavy atom. The van der Waals surface area contributed by atoms with Crippen molar-refractivity contribution in [1.29, 1.82) is 0 Å². The number of rotatable bonds is 7. The topological polar surface area (TPSA) is 26.0 Å². The van der Waals surface area contributed by atoms with Gasteiger partial charge in [0.05, 0.1) is 0 Å². The van der Waals surface area contributed by atoms with Crippen molar-refractivity contribution < 1.29 is 0 Å². The number of hydrogen-bond donors (Lipinski definition) is 1. The van der Waals surface area contributed by atoms with Crippen molar-refractivity contribution in [3.05, 3.63) is 24.3 Å². The molecule has 0 aliphatic carbocycles. The quantitative estimate of drug-likeness (QED) is 0.599. The summed E-state index contributed by atoms with van der Waals surface area (Å²) in [7, 11) is 0. The number of nitrogens with two attached hydrogens (primary N) is 1. The zero-order valence-electron chi connectivity index (χ0n) is 9.05. The predicted molar refractivity (Wildman–Crippen MR) is 60.6 cm³/mol. The van der Waals surface area contributed by atoms with Crippen LogP contribution in [0.15, 0.2) is 24.3 Å². The van der Waals surface area contributed by atoms with Gasteiger partial charge in [0.1, 0.15) is 0 Å². The molecule has 0 aromatic carbocycles. The van der Waals surface area contributed by atoms with Crippen molar-refractivity contribution in [2.45, 2.75) is 39.5 Å². The molecule has 0 aliphatic heterocycles. The van der Waals surface area contributed by atoms with Gasteiger partial charge < -0.3 is 5.73 Å². The van der Waals surface area contributed by atoms with Crippen molar-refractivity contribution in [3.8, 4) is 0 Å². The monoisotopic (exact) mass is 181 g/mol. The molecule has 0 fully saturated rings. The largest absolute Gasteiger partial charge is 0.330 e. The summed E-state index contributed by atoms with van der Waals surface area (Å²) >= 11 is 0. The Morgan fingerprint density at radius 1 is 1.46 bits per heavy atom. The Bertz CT molecular complexity index is 155. The lowest BCUT2D eigenvalue weighted by molar-refractivity contribution is 0.567. The summed E-state index contributed by atoms with van der Waals surface area (Å²) in [4.78, 5) is 0. The number of hydrogen-bond acceptors (Lipinski definition) is 1. The molecular formula is C12H23N.